The number of amides is 1. The Bertz CT molecular complexity index is 1140. The molecule has 3 rings (SSSR count). The standard InChI is InChI=1S/C24H30Cl2FN3O4S/c1-24(18-5-8-20(25)21(26)15-18,9-10-29-11-13-30(14-12-29)35(2,33)34)23(32)28-22(16-31)17-3-6-19(27)7-4-17/h3-8,15,22,31H,9-14,16H2,1-2H3,(H,28,32)/t22-,24?/m0/s1. The molecule has 0 bridgehead atoms. The van der Waals surface area contributed by atoms with Crippen LogP contribution in [0.3, 0.4) is 0 Å². The van der Waals surface area contributed by atoms with Gasteiger partial charge in [0.2, 0.25) is 15.9 Å². The number of benzene rings is 2. The lowest BCUT2D eigenvalue weighted by Gasteiger charge is -2.37. The molecule has 0 aliphatic carbocycles. The molecule has 2 N–H and O–H groups in total. The molecule has 1 heterocycles. The Morgan fingerprint density at radius 1 is 1.11 bits per heavy atom. The summed E-state index contributed by atoms with van der Waals surface area (Å²) in [5.74, 6) is -0.734. The maximum Gasteiger partial charge on any atom is 0.230 e. The summed E-state index contributed by atoms with van der Waals surface area (Å²) in [5.41, 5.74) is 0.209. The van der Waals surface area contributed by atoms with Crippen LogP contribution in [0.1, 0.15) is 30.5 Å². The molecule has 35 heavy (non-hydrogen) atoms. The number of aliphatic hydroxyl groups is 1. The molecule has 0 aromatic heterocycles. The number of carbonyl (C=O) groups excluding carboxylic acids is 1. The van der Waals surface area contributed by atoms with E-state index in [1.165, 1.54) is 34.8 Å². The summed E-state index contributed by atoms with van der Waals surface area (Å²) in [4.78, 5) is 15.8. The summed E-state index contributed by atoms with van der Waals surface area (Å²) < 4.78 is 38.4. The molecule has 11 heteroatoms. The van der Waals surface area contributed by atoms with Crippen LogP contribution in [0.2, 0.25) is 10.0 Å². The van der Waals surface area contributed by atoms with Gasteiger partial charge < -0.3 is 15.3 Å². The fourth-order valence-corrected chi connectivity index (χ4v) is 5.27. The van der Waals surface area contributed by atoms with E-state index in [1.54, 1.807) is 25.1 Å². The lowest BCUT2D eigenvalue weighted by atomic mass is 9.78. The van der Waals surface area contributed by atoms with Gasteiger partial charge in [-0.1, -0.05) is 41.4 Å². The highest BCUT2D eigenvalue weighted by molar-refractivity contribution is 7.88. The van der Waals surface area contributed by atoms with E-state index in [-0.39, 0.29) is 12.5 Å². The number of aliphatic hydroxyl groups excluding tert-OH is 1. The van der Waals surface area contributed by atoms with E-state index >= 15 is 0 Å². The van der Waals surface area contributed by atoms with Gasteiger partial charge in [-0.15, -0.1) is 0 Å². The second-order valence-electron chi connectivity index (χ2n) is 8.97. The van der Waals surface area contributed by atoms with Gasteiger partial charge in [0.05, 0.1) is 34.4 Å². The molecule has 1 aliphatic heterocycles. The lowest BCUT2D eigenvalue weighted by molar-refractivity contribution is -0.127. The number of hydrogen-bond acceptors (Lipinski definition) is 5. The Hall–Kier alpha value is -1.75. The van der Waals surface area contributed by atoms with Crippen LogP contribution >= 0.6 is 23.2 Å². The maximum absolute atomic E-state index is 13.6. The molecule has 1 aliphatic rings. The van der Waals surface area contributed by atoms with Crippen LogP contribution < -0.4 is 5.32 Å². The SMILES string of the molecule is CC(CCN1CCN(S(C)(=O)=O)CC1)(C(=O)N[C@@H](CO)c1ccc(F)cc1)c1ccc(Cl)c(Cl)c1. The van der Waals surface area contributed by atoms with Gasteiger partial charge in [0.25, 0.3) is 0 Å². The van der Waals surface area contributed by atoms with E-state index in [0.717, 1.165) is 0 Å². The van der Waals surface area contributed by atoms with Crippen LogP contribution in [0.25, 0.3) is 0 Å². The summed E-state index contributed by atoms with van der Waals surface area (Å²) >= 11 is 12.4. The van der Waals surface area contributed by atoms with Crippen LogP contribution in [-0.2, 0) is 20.2 Å². The first-order chi connectivity index (χ1) is 16.4. The van der Waals surface area contributed by atoms with Gasteiger partial charge in [0, 0.05) is 26.2 Å². The number of nitrogens with zero attached hydrogens (tertiary/aromatic N) is 2. The van der Waals surface area contributed by atoms with Crippen LogP contribution in [0.5, 0.6) is 0 Å². The molecule has 192 valence electrons. The quantitative estimate of drug-likeness (QED) is 0.505. The predicted octanol–water partition coefficient (Wildman–Crippen LogP) is 3.21. The lowest BCUT2D eigenvalue weighted by Crippen LogP contribution is -2.50. The number of halogens is 3. The monoisotopic (exact) mass is 545 g/mol. The van der Waals surface area contributed by atoms with Crippen molar-refractivity contribution in [3.63, 3.8) is 0 Å². The Kier molecular flexibility index (Phi) is 9.17. The fraction of sp³-hybridized carbons (Fsp3) is 0.458. The first-order valence-corrected chi connectivity index (χ1v) is 13.8. The molecular formula is C24H30Cl2FN3O4S. The second-order valence-corrected chi connectivity index (χ2v) is 11.8. The summed E-state index contributed by atoms with van der Waals surface area (Å²) in [6.45, 7) is 3.89. The first kappa shape index (κ1) is 27.8. The smallest absolute Gasteiger partial charge is 0.230 e. The molecule has 1 unspecified atom stereocenters. The van der Waals surface area contributed by atoms with E-state index < -0.39 is 27.3 Å². The van der Waals surface area contributed by atoms with Crippen LogP contribution in [-0.4, -0.2) is 74.2 Å². The van der Waals surface area contributed by atoms with E-state index in [0.29, 0.717) is 60.3 Å². The predicted molar refractivity (Wildman–Crippen MR) is 136 cm³/mol. The van der Waals surface area contributed by atoms with Crippen LogP contribution in [0.15, 0.2) is 42.5 Å². The van der Waals surface area contributed by atoms with Crippen LogP contribution in [0, 0.1) is 5.82 Å². The third-order valence-electron chi connectivity index (χ3n) is 6.55. The molecule has 2 aromatic carbocycles. The molecule has 1 amide bonds. The number of piperazine rings is 1. The summed E-state index contributed by atoms with van der Waals surface area (Å²) in [5, 5.41) is 13.5. The molecule has 2 aromatic rings. The van der Waals surface area contributed by atoms with Gasteiger partial charge in [0.1, 0.15) is 5.82 Å². The number of nitrogens with one attached hydrogen (secondary N) is 1. The number of hydrogen-bond donors (Lipinski definition) is 2. The molecule has 1 saturated heterocycles. The zero-order valence-electron chi connectivity index (χ0n) is 19.7. The average Bonchev–Trinajstić information content (AvgIpc) is 2.83. The van der Waals surface area contributed by atoms with Gasteiger partial charge in [-0.2, -0.15) is 4.31 Å². The van der Waals surface area contributed by atoms with Crippen molar-refractivity contribution in [2.45, 2.75) is 24.8 Å². The van der Waals surface area contributed by atoms with Crippen molar-refractivity contribution < 1.29 is 22.7 Å². The Labute approximate surface area is 215 Å². The second kappa shape index (κ2) is 11.5. The van der Waals surface area contributed by atoms with Gasteiger partial charge in [-0.05, 0) is 55.3 Å². The summed E-state index contributed by atoms with van der Waals surface area (Å²) in [7, 11) is -3.24. The third kappa shape index (κ3) is 6.93. The van der Waals surface area contributed by atoms with Gasteiger partial charge >= 0.3 is 0 Å². The Morgan fingerprint density at radius 2 is 1.74 bits per heavy atom. The van der Waals surface area contributed by atoms with Crippen molar-refractivity contribution in [1.29, 1.82) is 0 Å². The number of rotatable bonds is 9. The highest BCUT2D eigenvalue weighted by atomic mass is 35.5. The van der Waals surface area contributed by atoms with Crippen molar-refractivity contribution >= 4 is 39.1 Å². The minimum Gasteiger partial charge on any atom is -0.394 e. The minimum absolute atomic E-state index is 0.321. The first-order valence-electron chi connectivity index (χ1n) is 11.2. The molecule has 1 fully saturated rings. The fourth-order valence-electron chi connectivity index (χ4n) is 4.14. The zero-order chi connectivity index (χ0) is 25.8. The molecule has 7 nitrogen and oxygen atoms in total. The molecule has 0 radical (unpaired) electrons. The highest BCUT2D eigenvalue weighted by Crippen LogP contribution is 2.34. The Morgan fingerprint density at radius 3 is 2.29 bits per heavy atom. The maximum atomic E-state index is 13.6. The van der Waals surface area contributed by atoms with Crippen molar-refractivity contribution in [3.05, 3.63) is 69.5 Å². The van der Waals surface area contributed by atoms with Crippen molar-refractivity contribution in [3.8, 4) is 0 Å². The highest BCUT2D eigenvalue weighted by Gasteiger charge is 2.37. The molecule has 2 atom stereocenters. The van der Waals surface area contributed by atoms with E-state index in [9.17, 15) is 22.7 Å². The van der Waals surface area contributed by atoms with Gasteiger partial charge in [0.15, 0.2) is 0 Å². The van der Waals surface area contributed by atoms with Crippen LogP contribution in [0.4, 0.5) is 4.39 Å². The normalized spacial score (nSPS) is 18.1. The zero-order valence-corrected chi connectivity index (χ0v) is 22.0. The molecular weight excluding hydrogens is 516 g/mol. The average molecular weight is 546 g/mol. The minimum atomic E-state index is -3.24. The van der Waals surface area contributed by atoms with E-state index in [2.05, 4.69) is 10.2 Å². The summed E-state index contributed by atoms with van der Waals surface area (Å²) in [6.07, 6.45) is 1.62. The molecule has 0 saturated carbocycles. The van der Waals surface area contributed by atoms with Gasteiger partial charge in [-0.25, -0.2) is 12.8 Å². The topological polar surface area (TPSA) is 90.0 Å². The largest absolute Gasteiger partial charge is 0.394 e. The third-order valence-corrected chi connectivity index (χ3v) is 8.59. The Balaban J connectivity index is 1.80. The number of carbonyl (C=O) groups is 1. The van der Waals surface area contributed by atoms with E-state index in [1.807, 2.05) is 0 Å². The van der Waals surface area contributed by atoms with Crippen molar-refractivity contribution in [1.82, 2.24) is 14.5 Å². The van der Waals surface area contributed by atoms with E-state index in [4.69, 9.17) is 23.2 Å². The van der Waals surface area contributed by atoms with Gasteiger partial charge in [-0.3, -0.25) is 4.79 Å². The molecule has 0 spiro atoms. The van der Waals surface area contributed by atoms with Crippen molar-refractivity contribution in [2.24, 2.45) is 0 Å². The summed E-state index contributed by atoms with van der Waals surface area (Å²) in [6, 6.07) is 9.93. The number of sulfonamides is 1. The van der Waals surface area contributed by atoms with Crippen molar-refractivity contribution in [2.75, 3.05) is 45.6 Å².